The van der Waals surface area contributed by atoms with Crippen LogP contribution in [0, 0.1) is 29.6 Å². The van der Waals surface area contributed by atoms with Gasteiger partial charge in [0.2, 0.25) is 5.95 Å². The Morgan fingerprint density at radius 1 is 1.20 bits per heavy atom. The van der Waals surface area contributed by atoms with Gasteiger partial charge in [0.15, 0.2) is 5.54 Å². The molecule has 41 heavy (non-hydrogen) atoms. The number of rotatable bonds is 7. The van der Waals surface area contributed by atoms with E-state index in [4.69, 9.17) is 11.6 Å². The van der Waals surface area contributed by atoms with E-state index in [1.165, 1.54) is 18.5 Å². The second kappa shape index (κ2) is 10.1. The van der Waals surface area contributed by atoms with Gasteiger partial charge in [0.1, 0.15) is 17.8 Å². The van der Waals surface area contributed by atoms with Crippen LogP contribution < -0.4 is 10.6 Å². The predicted molar refractivity (Wildman–Crippen MR) is 147 cm³/mol. The number of aromatic nitrogens is 5. The van der Waals surface area contributed by atoms with Crippen molar-refractivity contribution in [1.29, 1.82) is 5.26 Å². The number of alkyl halides is 3. The highest BCUT2D eigenvalue weighted by Gasteiger charge is 2.66. The van der Waals surface area contributed by atoms with Crippen LogP contribution in [0.4, 0.5) is 28.9 Å². The molecule has 0 amide bonds. The lowest BCUT2D eigenvalue weighted by Gasteiger charge is -2.22. The Balaban J connectivity index is 1.61. The van der Waals surface area contributed by atoms with Crippen molar-refractivity contribution in [3.05, 3.63) is 70.1 Å². The molecular weight excluding hydrogens is 560 g/mol. The molecule has 1 aliphatic rings. The number of hydrogen-bond acceptors (Lipinski definition) is 7. The molecule has 0 spiro atoms. The number of anilines is 2. The van der Waals surface area contributed by atoms with Gasteiger partial charge in [-0.3, -0.25) is 4.98 Å². The molecule has 1 fully saturated rings. The number of nitrogens with zero attached hydrogens (tertiary/aromatic N) is 6. The number of nitriles is 1. The second-order valence-electron chi connectivity index (χ2n) is 11.5. The van der Waals surface area contributed by atoms with Gasteiger partial charge in [0, 0.05) is 35.1 Å². The quantitative estimate of drug-likeness (QED) is 0.179. The van der Waals surface area contributed by atoms with Crippen LogP contribution in [0.1, 0.15) is 62.2 Å². The van der Waals surface area contributed by atoms with E-state index in [0.717, 1.165) is 4.68 Å². The van der Waals surface area contributed by atoms with Crippen molar-refractivity contribution in [2.45, 2.75) is 58.3 Å². The standard InChI is InChI=1S/C28H27ClF4N8/c1-15-5-6-18(25(30)37-15)24(21-13-41(40-39-21)27(7-8-27)28(31,32)33)38-17-9-19-22(36-14-26(2,3)4)16(11-34)12-35-23(19)20(29)10-17/h5-6,9-10,12-13,24,38H,7-8,14H2,1-4H3,(H,35,36). The second-order valence-corrected chi connectivity index (χ2v) is 11.9. The number of nitrogens with one attached hydrogen (secondary N) is 2. The first kappa shape index (κ1) is 28.5. The normalized spacial score (nSPS) is 15.4. The highest BCUT2D eigenvalue weighted by molar-refractivity contribution is 6.35. The van der Waals surface area contributed by atoms with Crippen molar-refractivity contribution in [3.63, 3.8) is 0 Å². The van der Waals surface area contributed by atoms with E-state index in [1.807, 2.05) is 20.8 Å². The maximum absolute atomic E-state index is 15.2. The molecule has 0 aliphatic heterocycles. The van der Waals surface area contributed by atoms with Gasteiger partial charge in [-0.1, -0.05) is 43.7 Å². The molecule has 3 heterocycles. The lowest BCUT2D eigenvalue weighted by molar-refractivity contribution is -0.182. The Kier molecular flexibility index (Phi) is 7.06. The Morgan fingerprint density at radius 3 is 2.54 bits per heavy atom. The average molecular weight is 587 g/mol. The SMILES string of the molecule is Cc1ccc(C(Nc2cc(Cl)c3ncc(C#N)c(NCC(C)(C)C)c3c2)c2cn(C3(C(F)(F)F)CC3)nn2)c(F)n1. The Labute approximate surface area is 238 Å². The Morgan fingerprint density at radius 2 is 1.93 bits per heavy atom. The van der Waals surface area contributed by atoms with Crippen molar-refractivity contribution in [2.75, 3.05) is 17.2 Å². The van der Waals surface area contributed by atoms with E-state index in [1.54, 1.807) is 25.1 Å². The van der Waals surface area contributed by atoms with Crippen molar-refractivity contribution in [3.8, 4) is 6.07 Å². The first-order valence-electron chi connectivity index (χ1n) is 12.9. The van der Waals surface area contributed by atoms with E-state index in [9.17, 15) is 18.4 Å². The van der Waals surface area contributed by atoms with Crippen LogP contribution in [0.15, 0.2) is 36.7 Å². The molecule has 214 valence electrons. The summed E-state index contributed by atoms with van der Waals surface area (Å²) in [6, 6.07) is 7.46. The van der Waals surface area contributed by atoms with E-state index in [2.05, 4.69) is 37.0 Å². The number of benzene rings is 1. The predicted octanol–water partition coefficient (Wildman–Crippen LogP) is 6.90. The summed E-state index contributed by atoms with van der Waals surface area (Å²) < 4.78 is 57.3. The van der Waals surface area contributed by atoms with Gasteiger partial charge in [-0.05, 0) is 43.4 Å². The lowest BCUT2D eigenvalue weighted by atomic mass is 9.96. The number of fused-ring (bicyclic) bond motifs is 1. The Bertz CT molecular complexity index is 1660. The molecule has 2 N–H and O–H groups in total. The molecule has 3 aromatic heterocycles. The number of aryl methyl sites for hydroxylation is 1. The lowest BCUT2D eigenvalue weighted by Crippen LogP contribution is -2.35. The molecule has 1 aromatic carbocycles. The zero-order valence-corrected chi connectivity index (χ0v) is 23.5. The van der Waals surface area contributed by atoms with Crippen LogP contribution in [-0.4, -0.2) is 37.7 Å². The summed E-state index contributed by atoms with van der Waals surface area (Å²) in [5.74, 6) is -0.804. The van der Waals surface area contributed by atoms with Gasteiger partial charge >= 0.3 is 6.18 Å². The molecule has 1 unspecified atom stereocenters. The maximum atomic E-state index is 15.2. The summed E-state index contributed by atoms with van der Waals surface area (Å²) in [7, 11) is 0. The van der Waals surface area contributed by atoms with Crippen molar-refractivity contribution >= 4 is 33.9 Å². The fraction of sp³-hybridized carbons (Fsp3) is 0.393. The largest absolute Gasteiger partial charge is 0.413 e. The maximum Gasteiger partial charge on any atom is 0.413 e. The Hall–Kier alpha value is -3.98. The average Bonchev–Trinajstić information content (AvgIpc) is 3.57. The minimum Gasteiger partial charge on any atom is -0.383 e. The van der Waals surface area contributed by atoms with Crippen molar-refractivity contribution in [2.24, 2.45) is 5.41 Å². The van der Waals surface area contributed by atoms with Crippen molar-refractivity contribution < 1.29 is 17.6 Å². The summed E-state index contributed by atoms with van der Waals surface area (Å²) in [4.78, 5) is 8.25. The fourth-order valence-electron chi connectivity index (χ4n) is 4.58. The van der Waals surface area contributed by atoms with Crippen LogP contribution in [0.2, 0.25) is 5.02 Å². The summed E-state index contributed by atoms with van der Waals surface area (Å²) in [5.41, 5.74) is 0.0163. The van der Waals surface area contributed by atoms with E-state index >= 15 is 4.39 Å². The summed E-state index contributed by atoms with van der Waals surface area (Å²) >= 11 is 6.61. The first-order valence-corrected chi connectivity index (χ1v) is 13.3. The molecule has 13 heteroatoms. The van der Waals surface area contributed by atoms with Gasteiger partial charge in [0.25, 0.3) is 0 Å². The minimum absolute atomic E-state index is 0.0608. The van der Waals surface area contributed by atoms with Crippen molar-refractivity contribution in [1.82, 2.24) is 25.0 Å². The van der Waals surface area contributed by atoms with Crippen LogP contribution >= 0.6 is 11.6 Å². The van der Waals surface area contributed by atoms with Crippen LogP contribution in [0.25, 0.3) is 10.9 Å². The molecule has 1 atom stereocenters. The summed E-state index contributed by atoms with van der Waals surface area (Å²) in [6.07, 6.45) is -2.11. The van der Waals surface area contributed by atoms with Gasteiger partial charge in [-0.25, -0.2) is 9.67 Å². The molecule has 5 rings (SSSR count). The summed E-state index contributed by atoms with van der Waals surface area (Å²) in [5, 5.41) is 24.8. The third kappa shape index (κ3) is 5.51. The number of hydrogen-bond donors (Lipinski definition) is 2. The van der Waals surface area contributed by atoms with Crippen LogP contribution in [0.5, 0.6) is 0 Å². The minimum atomic E-state index is -4.51. The van der Waals surface area contributed by atoms with Crippen LogP contribution in [-0.2, 0) is 5.54 Å². The highest BCUT2D eigenvalue weighted by Crippen LogP contribution is 2.55. The van der Waals surface area contributed by atoms with E-state index < -0.39 is 23.7 Å². The van der Waals surface area contributed by atoms with Gasteiger partial charge in [0.05, 0.1) is 28.0 Å². The molecule has 4 aromatic rings. The molecule has 1 saturated carbocycles. The number of pyridine rings is 2. The third-order valence-corrected chi connectivity index (χ3v) is 7.26. The van der Waals surface area contributed by atoms with Gasteiger partial charge in [-0.2, -0.15) is 22.8 Å². The molecule has 0 saturated heterocycles. The smallest absolute Gasteiger partial charge is 0.383 e. The monoisotopic (exact) mass is 586 g/mol. The molecular formula is C28H27ClF4N8. The zero-order valence-electron chi connectivity index (χ0n) is 22.7. The summed E-state index contributed by atoms with van der Waals surface area (Å²) in [6.45, 7) is 8.30. The third-order valence-electron chi connectivity index (χ3n) is 6.98. The van der Waals surface area contributed by atoms with Crippen LogP contribution in [0.3, 0.4) is 0 Å². The van der Waals surface area contributed by atoms with E-state index in [0.29, 0.717) is 40.1 Å². The van der Waals surface area contributed by atoms with Gasteiger partial charge in [-0.15, -0.1) is 5.10 Å². The van der Waals surface area contributed by atoms with Gasteiger partial charge < -0.3 is 10.6 Å². The first-order chi connectivity index (χ1) is 19.2. The molecule has 8 nitrogen and oxygen atoms in total. The highest BCUT2D eigenvalue weighted by atomic mass is 35.5. The molecule has 0 bridgehead atoms. The number of halogens is 5. The molecule has 1 aliphatic carbocycles. The zero-order chi connectivity index (χ0) is 29.7. The fourth-order valence-corrected chi connectivity index (χ4v) is 4.85. The molecule has 0 radical (unpaired) electrons. The topological polar surface area (TPSA) is 104 Å². The van der Waals surface area contributed by atoms with E-state index in [-0.39, 0.29) is 34.5 Å².